The summed E-state index contributed by atoms with van der Waals surface area (Å²) in [5.41, 5.74) is 0.491. The fourth-order valence-electron chi connectivity index (χ4n) is 1.73. The van der Waals surface area contributed by atoms with Crippen LogP contribution < -0.4 is 10.6 Å². The van der Waals surface area contributed by atoms with E-state index in [1.807, 2.05) is 0 Å². The van der Waals surface area contributed by atoms with Gasteiger partial charge in [-0.3, -0.25) is 5.32 Å². The summed E-state index contributed by atoms with van der Waals surface area (Å²) in [7, 11) is 0. The molecule has 0 bridgehead atoms. The fourth-order valence-corrected chi connectivity index (χ4v) is 3.00. The van der Waals surface area contributed by atoms with Crippen LogP contribution in [0.2, 0.25) is 0 Å². The van der Waals surface area contributed by atoms with Gasteiger partial charge in [-0.25, -0.2) is 0 Å². The van der Waals surface area contributed by atoms with E-state index in [4.69, 9.17) is 0 Å². The van der Waals surface area contributed by atoms with Crippen LogP contribution in [0.4, 0.5) is 0 Å². The number of thioether (sulfide) groups is 1. The minimum Gasteiger partial charge on any atom is -0.303 e. The van der Waals surface area contributed by atoms with Gasteiger partial charge < -0.3 is 5.32 Å². The number of nitrogens with one attached hydrogen (secondary N) is 2. The Kier molecular flexibility index (Phi) is 1.89. The molecular formula is C7H14N2S. The van der Waals surface area contributed by atoms with Gasteiger partial charge in [-0.2, -0.15) is 11.8 Å². The molecule has 3 heteroatoms. The van der Waals surface area contributed by atoms with Gasteiger partial charge in [-0.05, 0) is 24.3 Å². The summed E-state index contributed by atoms with van der Waals surface area (Å²) in [6.45, 7) is 2.21. The topological polar surface area (TPSA) is 24.1 Å². The Hall–Kier alpha value is 0.270. The lowest BCUT2D eigenvalue weighted by Gasteiger charge is -2.32. The van der Waals surface area contributed by atoms with Gasteiger partial charge in [0.2, 0.25) is 0 Å². The van der Waals surface area contributed by atoms with Crippen molar-refractivity contribution in [3.8, 4) is 0 Å². The maximum atomic E-state index is 3.55. The first-order chi connectivity index (χ1) is 4.91. The van der Waals surface area contributed by atoms with Crippen molar-refractivity contribution in [2.45, 2.75) is 18.4 Å². The molecule has 2 rings (SSSR count). The Morgan fingerprint density at radius 3 is 2.60 bits per heavy atom. The largest absolute Gasteiger partial charge is 0.303 e. The van der Waals surface area contributed by atoms with Crippen molar-refractivity contribution in [2.24, 2.45) is 0 Å². The van der Waals surface area contributed by atoms with Crippen LogP contribution in [0.3, 0.4) is 0 Å². The molecule has 0 unspecified atom stereocenters. The molecule has 58 valence electrons. The van der Waals surface area contributed by atoms with Crippen LogP contribution in [0, 0.1) is 0 Å². The summed E-state index contributed by atoms with van der Waals surface area (Å²) in [5.74, 6) is 2.68. The molecule has 1 spiro atoms. The predicted octanol–water partition coefficient (Wildman–Crippen LogP) is 0.402. The second kappa shape index (κ2) is 2.72. The molecule has 0 amide bonds. The molecule has 10 heavy (non-hydrogen) atoms. The van der Waals surface area contributed by atoms with Gasteiger partial charge >= 0.3 is 0 Å². The van der Waals surface area contributed by atoms with E-state index >= 15 is 0 Å². The van der Waals surface area contributed by atoms with E-state index in [0.717, 1.165) is 6.67 Å². The molecule has 0 aromatic heterocycles. The number of hydrogen-bond acceptors (Lipinski definition) is 3. The van der Waals surface area contributed by atoms with Crippen molar-refractivity contribution in [1.82, 2.24) is 10.6 Å². The van der Waals surface area contributed by atoms with Gasteiger partial charge in [0.25, 0.3) is 0 Å². The Morgan fingerprint density at radius 1 is 1.20 bits per heavy atom. The molecule has 0 aromatic carbocycles. The summed E-state index contributed by atoms with van der Waals surface area (Å²) >= 11 is 2.09. The second-order valence-electron chi connectivity index (χ2n) is 3.17. The van der Waals surface area contributed by atoms with Crippen molar-refractivity contribution in [3.63, 3.8) is 0 Å². The average Bonchev–Trinajstić information content (AvgIpc) is 2.39. The molecule has 0 atom stereocenters. The summed E-state index contributed by atoms with van der Waals surface area (Å²) < 4.78 is 0. The van der Waals surface area contributed by atoms with Crippen LogP contribution in [0.1, 0.15) is 12.8 Å². The Balaban J connectivity index is 1.98. The Bertz CT molecular complexity index is 113. The van der Waals surface area contributed by atoms with Crippen molar-refractivity contribution < 1.29 is 0 Å². The highest BCUT2D eigenvalue weighted by Gasteiger charge is 2.34. The Morgan fingerprint density at radius 2 is 2.00 bits per heavy atom. The summed E-state index contributed by atoms with van der Waals surface area (Å²) in [6.07, 6.45) is 2.70. The third kappa shape index (κ3) is 1.18. The van der Waals surface area contributed by atoms with Crippen LogP contribution in [0.25, 0.3) is 0 Å². The zero-order chi connectivity index (χ0) is 6.86. The monoisotopic (exact) mass is 158 g/mol. The molecule has 2 fully saturated rings. The van der Waals surface area contributed by atoms with Gasteiger partial charge in [0.15, 0.2) is 0 Å². The van der Waals surface area contributed by atoms with E-state index < -0.39 is 0 Å². The van der Waals surface area contributed by atoms with E-state index in [0.29, 0.717) is 5.54 Å². The summed E-state index contributed by atoms with van der Waals surface area (Å²) in [4.78, 5) is 0. The highest BCUT2D eigenvalue weighted by molar-refractivity contribution is 7.99. The summed E-state index contributed by atoms with van der Waals surface area (Å²) in [5, 5.41) is 6.91. The van der Waals surface area contributed by atoms with E-state index in [9.17, 15) is 0 Å². The fraction of sp³-hybridized carbons (Fsp3) is 1.00. The van der Waals surface area contributed by atoms with Crippen LogP contribution in [0.5, 0.6) is 0 Å². The van der Waals surface area contributed by atoms with Crippen molar-refractivity contribution in [2.75, 3.05) is 24.7 Å². The van der Waals surface area contributed by atoms with Crippen molar-refractivity contribution in [3.05, 3.63) is 0 Å². The first kappa shape index (κ1) is 6.95. The third-order valence-electron chi connectivity index (χ3n) is 2.50. The molecule has 2 aliphatic heterocycles. The third-order valence-corrected chi connectivity index (χ3v) is 3.49. The van der Waals surface area contributed by atoms with E-state index in [-0.39, 0.29) is 0 Å². The molecule has 2 aliphatic rings. The number of hydrogen-bond donors (Lipinski definition) is 2. The van der Waals surface area contributed by atoms with Gasteiger partial charge in [0.1, 0.15) is 0 Å². The van der Waals surface area contributed by atoms with Gasteiger partial charge in [-0.1, -0.05) is 0 Å². The van der Waals surface area contributed by atoms with Gasteiger partial charge in [-0.15, -0.1) is 0 Å². The molecule has 2 nitrogen and oxygen atoms in total. The normalized spacial score (nSPS) is 31.2. The van der Waals surface area contributed by atoms with E-state index in [1.165, 1.54) is 30.9 Å². The Labute approximate surface area is 66.1 Å². The zero-order valence-corrected chi connectivity index (χ0v) is 6.97. The van der Waals surface area contributed by atoms with E-state index in [2.05, 4.69) is 22.4 Å². The highest BCUT2D eigenvalue weighted by Crippen LogP contribution is 2.27. The van der Waals surface area contributed by atoms with E-state index in [1.54, 1.807) is 0 Å². The molecule has 2 saturated heterocycles. The van der Waals surface area contributed by atoms with Gasteiger partial charge in [0, 0.05) is 18.8 Å². The van der Waals surface area contributed by atoms with Crippen LogP contribution >= 0.6 is 11.8 Å². The van der Waals surface area contributed by atoms with Crippen molar-refractivity contribution >= 4 is 11.8 Å². The van der Waals surface area contributed by atoms with Crippen LogP contribution in [0.15, 0.2) is 0 Å². The average molecular weight is 158 g/mol. The van der Waals surface area contributed by atoms with Gasteiger partial charge in [0.05, 0.1) is 0 Å². The maximum absolute atomic E-state index is 3.55. The maximum Gasteiger partial charge on any atom is 0.0459 e. The lowest BCUT2D eigenvalue weighted by atomic mass is 9.94. The molecule has 0 aromatic rings. The number of rotatable bonds is 0. The second-order valence-corrected chi connectivity index (χ2v) is 4.40. The molecule has 0 aliphatic carbocycles. The standard InChI is InChI=1S/C7H14N2S/c1-3-10-4-2-7(1)5-8-6-9-7/h8-9H,1-6H2. The molecule has 0 saturated carbocycles. The minimum absolute atomic E-state index is 0.491. The molecular weight excluding hydrogens is 144 g/mol. The lowest BCUT2D eigenvalue weighted by Crippen LogP contribution is -2.45. The summed E-state index contributed by atoms with van der Waals surface area (Å²) in [6, 6.07) is 0. The predicted molar refractivity (Wildman–Crippen MR) is 45.3 cm³/mol. The quantitative estimate of drug-likeness (QED) is 0.534. The van der Waals surface area contributed by atoms with Crippen LogP contribution in [-0.4, -0.2) is 30.3 Å². The van der Waals surface area contributed by atoms with Crippen molar-refractivity contribution in [1.29, 1.82) is 0 Å². The SMILES string of the molecule is C1NCC2(CCSCC2)N1. The zero-order valence-electron chi connectivity index (χ0n) is 6.15. The molecule has 0 radical (unpaired) electrons. The molecule has 2 heterocycles. The first-order valence-corrected chi connectivity index (χ1v) is 5.10. The first-order valence-electron chi connectivity index (χ1n) is 3.95. The minimum atomic E-state index is 0.491. The lowest BCUT2D eigenvalue weighted by molar-refractivity contribution is 0.370. The van der Waals surface area contributed by atoms with Crippen LogP contribution in [-0.2, 0) is 0 Å². The highest BCUT2D eigenvalue weighted by atomic mass is 32.2. The molecule has 2 N–H and O–H groups in total. The smallest absolute Gasteiger partial charge is 0.0459 e.